The van der Waals surface area contributed by atoms with Gasteiger partial charge in [-0.2, -0.15) is 10.2 Å². The number of likely N-dealkylation sites (tertiary alicyclic amines) is 1. The zero-order valence-electron chi connectivity index (χ0n) is 23.5. The molecule has 5 aromatic rings. The van der Waals surface area contributed by atoms with Crippen LogP contribution in [0.4, 0.5) is 5.69 Å². The van der Waals surface area contributed by atoms with Crippen molar-refractivity contribution in [3.8, 4) is 16.3 Å². The molecule has 1 aliphatic heterocycles. The molecular formula is C28H31N9O4S. The molecule has 0 aromatic carbocycles. The summed E-state index contributed by atoms with van der Waals surface area (Å²) >= 11 is 1.40. The zero-order valence-corrected chi connectivity index (χ0v) is 24.3. The van der Waals surface area contributed by atoms with Gasteiger partial charge >= 0.3 is 0 Å². The van der Waals surface area contributed by atoms with Gasteiger partial charge in [-0.15, -0.1) is 11.3 Å². The number of amides is 2. The van der Waals surface area contributed by atoms with E-state index in [0.717, 1.165) is 30.0 Å². The Morgan fingerprint density at radius 2 is 2.00 bits per heavy atom. The molecule has 1 fully saturated rings. The molecule has 6 rings (SSSR count). The lowest BCUT2D eigenvalue weighted by Crippen LogP contribution is -2.43. The number of anilines is 1. The second-order valence-electron chi connectivity index (χ2n) is 11.0. The van der Waals surface area contributed by atoms with Crippen LogP contribution in [0, 0.1) is 6.92 Å². The largest absolute Gasteiger partial charge is 0.491 e. The van der Waals surface area contributed by atoms with E-state index in [2.05, 4.69) is 49.7 Å². The Bertz CT molecular complexity index is 1770. The van der Waals surface area contributed by atoms with Crippen molar-refractivity contribution < 1.29 is 19.2 Å². The fraction of sp³-hybridized carbons (Fsp3) is 0.357. The van der Waals surface area contributed by atoms with E-state index in [-0.39, 0.29) is 23.2 Å². The van der Waals surface area contributed by atoms with Gasteiger partial charge in [-0.1, -0.05) is 0 Å². The molecule has 0 aliphatic carbocycles. The van der Waals surface area contributed by atoms with Crippen LogP contribution in [-0.4, -0.2) is 76.5 Å². The number of rotatable bonds is 9. The van der Waals surface area contributed by atoms with Gasteiger partial charge in [0.1, 0.15) is 11.4 Å². The van der Waals surface area contributed by atoms with Gasteiger partial charge in [-0.3, -0.25) is 24.2 Å². The van der Waals surface area contributed by atoms with Gasteiger partial charge in [-0.25, -0.2) is 4.52 Å². The summed E-state index contributed by atoms with van der Waals surface area (Å²) in [6.45, 7) is 8.92. The maximum absolute atomic E-state index is 13.3. The summed E-state index contributed by atoms with van der Waals surface area (Å²) in [6, 6.07) is 3.08. The van der Waals surface area contributed by atoms with Crippen molar-refractivity contribution in [1.29, 1.82) is 0 Å². The minimum absolute atomic E-state index is 0.155. The molecule has 3 N–H and O–H groups in total. The molecule has 0 spiro atoms. The van der Waals surface area contributed by atoms with Crippen molar-refractivity contribution in [2.24, 2.45) is 0 Å². The second-order valence-corrected chi connectivity index (χ2v) is 12.0. The van der Waals surface area contributed by atoms with Gasteiger partial charge in [0.15, 0.2) is 5.76 Å². The summed E-state index contributed by atoms with van der Waals surface area (Å²) in [7, 11) is 0. The lowest BCUT2D eigenvalue weighted by Gasteiger charge is -2.31. The number of carbonyl (C=O) groups is 2. The van der Waals surface area contributed by atoms with E-state index < -0.39 is 0 Å². The van der Waals surface area contributed by atoms with Crippen LogP contribution in [0.3, 0.4) is 0 Å². The average Bonchev–Trinajstić information content (AvgIpc) is 3.76. The van der Waals surface area contributed by atoms with E-state index in [9.17, 15) is 14.7 Å². The Balaban J connectivity index is 1.12. The van der Waals surface area contributed by atoms with Crippen molar-refractivity contribution in [3.05, 3.63) is 65.7 Å². The first-order valence-electron chi connectivity index (χ1n) is 13.6. The third-order valence-corrected chi connectivity index (χ3v) is 8.72. The molecule has 13 nitrogen and oxygen atoms in total. The van der Waals surface area contributed by atoms with E-state index in [4.69, 9.17) is 4.52 Å². The number of thiazole rings is 1. The molecule has 5 aromatic heterocycles. The number of aromatic nitrogens is 6. The highest BCUT2D eigenvalue weighted by Gasteiger charge is 2.31. The number of pyridine rings is 1. The molecule has 14 heteroatoms. The number of hydrogen-bond donors (Lipinski definition) is 3. The summed E-state index contributed by atoms with van der Waals surface area (Å²) in [6.07, 6.45) is 10.7. The van der Waals surface area contributed by atoms with Crippen molar-refractivity contribution in [2.45, 2.75) is 45.7 Å². The molecule has 6 heterocycles. The van der Waals surface area contributed by atoms with E-state index in [1.807, 2.05) is 12.4 Å². The van der Waals surface area contributed by atoms with Crippen LogP contribution in [0.15, 0.2) is 47.6 Å². The molecule has 1 saturated heterocycles. The Kier molecular flexibility index (Phi) is 7.24. The highest BCUT2D eigenvalue weighted by Crippen LogP contribution is 2.31. The maximum atomic E-state index is 13.3. The van der Waals surface area contributed by atoms with Crippen LogP contribution in [0.1, 0.15) is 58.9 Å². The molecular weight excluding hydrogens is 558 g/mol. The first-order valence-corrected chi connectivity index (χ1v) is 14.4. The SMILES string of the molecule is Cc1ncc(C(=O)NCCN2CCCC2(C)C)cc1NC(=O)c1cnn2cc(-c3cnn(Cc4cc(O)no4)c3)sc12. The minimum Gasteiger partial charge on any atom is -0.491 e. The minimum atomic E-state index is -0.349. The number of hydrogen-bond acceptors (Lipinski definition) is 10. The number of aryl methyl sites for hydroxylation is 1. The van der Waals surface area contributed by atoms with Gasteiger partial charge in [0.2, 0.25) is 0 Å². The Hall–Kier alpha value is -4.56. The molecule has 42 heavy (non-hydrogen) atoms. The third kappa shape index (κ3) is 5.63. The summed E-state index contributed by atoms with van der Waals surface area (Å²) in [5, 5.41) is 27.4. The van der Waals surface area contributed by atoms with Crippen molar-refractivity contribution in [3.63, 3.8) is 0 Å². The Morgan fingerprint density at radius 3 is 2.76 bits per heavy atom. The third-order valence-electron chi connectivity index (χ3n) is 7.56. The van der Waals surface area contributed by atoms with E-state index >= 15 is 0 Å². The predicted octanol–water partition coefficient (Wildman–Crippen LogP) is 3.56. The molecule has 0 atom stereocenters. The summed E-state index contributed by atoms with van der Waals surface area (Å²) < 4.78 is 8.35. The number of fused-ring (bicyclic) bond motifs is 1. The van der Waals surface area contributed by atoms with E-state index in [0.29, 0.717) is 46.2 Å². The number of nitrogens with zero attached hydrogens (tertiary/aromatic N) is 7. The monoisotopic (exact) mass is 589 g/mol. The van der Waals surface area contributed by atoms with Crippen LogP contribution in [0.2, 0.25) is 0 Å². The number of aromatic hydroxyl groups is 1. The molecule has 1 aliphatic rings. The molecule has 0 radical (unpaired) electrons. The van der Waals surface area contributed by atoms with Gasteiger partial charge in [-0.05, 0) is 51.4 Å². The van der Waals surface area contributed by atoms with Crippen molar-refractivity contribution in [1.82, 2.24) is 39.8 Å². The summed E-state index contributed by atoms with van der Waals surface area (Å²) in [4.78, 5) is 34.4. The topological polar surface area (TPSA) is 156 Å². The van der Waals surface area contributed by atoms with Crippen LogP contribution in [-0.2, 0) is 6.54 Å². The first-order chi connectivity index (χ1) is 20.2. The standard InChI is InChI=1S/C28H31N9O4S/c1-17-22(9-18(11-30-17)25(39)29-6-8-35-7-4-5-28(35,2)3)33-26(40)21-13-32-37-16-23(42-27(21)37)19-12-31-36(14-19)15-20-10-24(38)34-41-20/h9-14,16H,4-8,15H2,1-3H3,(H,29,39)(H,33,40)(H,34,38). The fourth-order valence-corrected chi connectivity index (χ4v) is 6.18. The number of nitrogens with one attached hydrogen (secondary N) is 2. The quantitative estimate of drug-likeness (QED) is 0.234. The lowest BCUT2D eigenvalue weighted by atomic mass is 10.0. The van der Waals surface area contributed by atoms with E-state index in [1.54, 1.807) is 28.4 Å². The molecule has 0 saturated carbocycles. The normalized spacial score (nSPS) is 14.9. The van der Waals surface area contributed by atoms with E-state index in [1.165, 1.54) is 36.2 Å². The smallest absolute Gasteiger partial charge is 0.260 e. The van der Waals surface area contributed by atoms with Crippen LogP contribution in [0.5, 0.6) is 5.88 Å². The Morgan fingerprint density at radius 1 is 1.14 bits per heavy atom. The predicted molar refractivity (Wildman–Crippen MR) is 156 cm³/mol. The lowest BCUT2D eigenvalue weighted by molar-refractivity contribution is 0.0938. The van der Waals surface area contributed by atoms with Gasteiger partial charge in [0.05, 0.1) is 39.8 Å². The first kappa shape index (κ1) is 27.6. The average molecular weight is 590 g/mol. The van der Waals surface area contributed by atoms with Crippen LogP contribution >= 0.6 is 11.3 Å². The highest BCUT2D eigenvalue weighted by atomic mass is 32.1. The summed E-state index contributed by atoms with van der Waals surface area (Å²) in [5.41, 5.74) is 2.84. The maximum Gasteiger partial charge on any atom is 0.260 e. The molecule has 0 bridgehead atoms. The molecule has 218 valence electrons. The highest BCUT2D eigenvalue weighted by molar-refractivity contribution is 7.21. The summed E-state index contributed by atoms with van der Waals surface area (Å²) in [5.74, 6) is -0.287. The van der Waals surface area contributed by atoms with Gasteiger partial charge < -0.3 is 20.3 Å². The number of carbonyl (C=O) groups excluding carboxylic acids is 2. The van der Waals surface area contributed by atoms with Gasteiger partial charge in [0, 0.05) is 48.8 Å². The van der Waals surface area contributed by atoms with Gasteiger partial charge in [0.25, 0.3) is 17.7 Å². The van der Waals surface area contributed by atoms with Crippen molar-refractivity contribution in [2.75, 3.05) is 25.0 Å². The molecule has 0 unspecified atom stereocenters. The van der Waals surface area contributed by atoms with Crippen molar-refractivity contribution >= 4 is 33.7 Å². The zero-order chi connectivity index (χ0) is 29.4. The Labute approximate surface area is 245 Å². The molecule has 2 amide bonds. The second kappa shape index (κ2) is 11.0. The fourth-order valence-electron chi connectivity index (χ4n) is 5.15. The van der Waals surface area contributed by atoms with Crippen LogP contribution in [0.25, 0.3) is 15.3 Å². The van der Waals surface area contributed by atoms with Crippen LogP contribution < -0.4 is 10.6 Å².